The van der Waals surface area contributed by atoms with Crippen LogP contribution in [0.3, 0.4) is 0 Å². The number of sulfonamides is 1. The molecule has 6 nitrogen and oxygen atoms in total. The average Bonchev–Trinajstić information content (AvgIpc) is 3.11. The second-order valence-corrected chi connectivity index (χ2v) is 8.56. The molecule has 2 atom stereocenters. The van der Waals surface area contributed by atoms with E-state index in [-0.39, 0.29) is 29.3 Å². The van der Waals surface area contributed by atoms with Crippen LogP contribution in [-0.4, -0.2) is 50.1 Å². The second kappa shape index (κ2) is 7.08. The standard InChI is InChI=1S/C14H22N2O4S2/c1-3-11-10(2)6-8-16(11)14(18)12-4-5-13(21-12)22(19,20)15-7-9-17/h4-5,10-11,15,17H,3,6-9H2,1-2H3. The summed E-state index contributed by atoms with van der Waals surface area (Å²) in [7, 11) is -3.65. The van der Waals surface area contributed by atoms with Crippen molar-refractivity contribution in [2.45, 2.75) is 36.9 Å². The van der Waals surface area contributed by atoms with E-state index in [2.05, 4.69) is 18.6 Å². The van der Waals surface area contributed by atoms with E-state index in [0.717, 1.165) is 30.7 Å². The molecular formula is C14H22N2O4S2. The van der Waals surface area contributed by atoms with Gasteiger partial charge in [-0.15, -0.1) is 11.3 Å². The van der Waals surface area contributed by atoms with Crippen molar-refractivity contribution >= 4 is 27.3 Å². The van der Waals surface area contributed by atoms with Crippen molar-refractivity contribution in [3.05, 3.63) is 17.0 Å². The van der Waals surface area contributed by atoms with Crippen molar-refractivity contribution in [2.24, 2.45) is 5.92 Å². The number of carbonyl (C=O) groups is 1. The quantitative estimate of drug-likeness (QED) is 0.812. The summed E-state index contributed by atoms with van der Waals surface area (Å²) in [4.78, 5) is 14.9. The van der Waals surface area contributed by atoms with E-state index in [4.69, 9.17) is 5.11 Å². The van der Waals surface area contributed by atoms with Crippen molar-refractivity contribution in [3.63, 3.8) is 0 Å². The van der Waals surface area contributed by atoms with Gasteiger partial charge in [0.25, 0.3) is 5.91 Å². The molecule has 1 aliphatic rings. The maximum Gasteiger partial charge on any atom is 0.264 e. The molecule has 2 heterocycles. The van der Waals surface area contributed by atoms with Gasteiger partial charge in [0.05, 0.1) is 11.5 Å². The third-order valence-corrected chi connectivity index (χ3v) is 7.05. The third-order valence-electron chi connectivity index (χ3n) is 4.02. The van der Waals surface area contributed by atoms with E-state index in [1.165, 1.54) is 6.07 Å². The number of carbonyl (C=O) groups excluding carboxylic acids is 1. The van der Waals surface area contributed by atoms with Crippen LogP contribution in [-0.2, 0) is 10.0 Å². The minimum Gasteiger partial charge on any atom is -0.395 e. The Morgan fingerprint density at radius 3 is 2.86 bits per heavy atom. The monoisotopic (exact) mass is 346 g/mol. The zero-order valence-electron chi connectivity index (χ0n) is 12.8. The summed E-state index contributed by atoms with van der Waals surface area (Å²) in [5.74, 6) is 0.383. The van der Waals surface area contributed by atoms with E-state index in [9.17, 15) is 13.2 Å². The minimum atomic E-state index is -3.65. The molecule has 0 aliphatic carbocycles. The lowest BCUT2D eigenvalue weighted by Gasteiger charge is -2.25. The van der Waals surface area contributed by atoms with Gasteiger partial charge in [0.1, 0.15) is 4.21 Å². The predicted octanol–water partition coefficient (Wildman–Crippen LogP) is 1.28. The molecule has 0 saturated carbocycles. The summed E-state index contributed by atoms with van der Waals surface area (Å²) < 4.78 is 26.4. The van der Waals surface area contributed by atoms with Crippen molar-refractivity contribution in [1.29, 1.82) is 0 Å². The Bertz CT molecular complexity index is 627. The van der Waals surface area contributed by atoms with E-state index in [0.29, 0.717) is 10.8 Å². The van der Waals surface area contributed by atoms with Crippen molar-refractivity contribution in [1.82, 2.24) is 9.62 Å². The number of hydrogen-bond donors (Lipinski definition) is 2. The molecule has 0 radical (unpaired) electrons. The zero-order chi connectivity index (χ0) is 16.3. The maximum atomic E-state index is 12.6. The van der Waals surface area contributed by atoms with Crippen LogP contribution in [0.2, 0.25) is 0 Å². The topological polar surface area (TPSA) is 86.7 Å². The summed E-state index contributed by atoms with van der Waals surface area (Å²) in [6.07, 6.45) is 1.89. The average molecular weight is 346 g/mol. The fourth-order valence-corrected chi connectivity index (χ4v) is 5.18. The van der Waals surface area contributed by atoms with Crippen molar-refractivity contribution in [2.75, 3.05) is 19.7 Å². The smallest absolute Gasteiger partial charge is 0.264 e. The number of aliphatic hydroxyl groups excluding tert-OH is 1. The fraction of sp³-hybridized carbons (Fsp3) is 0.643. The predicted molar refractivity (Wildman–Crippen MR) is 85.5 cm³/mol. The van der Waals surface area contributed by atoms with Gasteiger partial charge in [-0.2, -0.15) is 0 Å². The van der Waals surface area contributed by atoms with Gasteiger partial charge in [0.2, 0.25) is 10.0 Å². The summed E-state index contributed by atoms with van der Waals surface area (Å²) in [6, 6.07) is 3.23. The van der Waals surface area contributed by atoms with Gasteiger partial charge in [-0.3, -0.25) is 4.79 Å². The number of likely N-dealkylation sites (tertiary alicyclic amines) is 1. The van der Waals surface area contributed by atoms with E-state index >= 15 is 0 Å². The summed E-state index contributed by atoms with van der Waals surface area (Å²) in [6.45, 7) is 4.63. The Labute approximate surface area is 135 Å². The number of nitrogens with one attached hydrogen (secondary N) is 1. The normalized spacial score (nSPS) is 22.2. The van der Waals surface area contributed by atoms with Crippen LogP contribution in [0.5, 0.6) is 0 Å². The van der Waals surface area contributed by atoms with Gasteiger partial charge in [-0.25, -0.2) is 13.1 Å². The number of amides is 1. The Kier molecular flexibility index (Phi) is 5.60. The molecule has 0 aromatic carbocycles. The number of aliphatic hydroxyl groups is 1. The Balaban J connectivity index is 2.16. The first-order chi connectivity index (χ1) is 10.4. The third kappa shape index (κ3) is 3.51. The van der Waals surface area contributed by atoms with Crippen LogP contribution in [0.1, 0.15) is 36.4 Å². The van der Waals surface area contributed by atoms with Gasteiger partial charge in [-0.05, 0) is 30.9 Å². The molecule has 1 saturated heterocycles. The van der Waals surface area contributed by atoms with Crippen LogP contribution in [0.4, 0.5) is 0 Å². The molecule has 1 aliphatic heterocycles. The first-order valence-electron chi connectivity index (χ1n) is 7.42. The number of thiophene rings is 1. The maximum absolute atomic E-state index is 12.6. The molecule has 22 heavy (non-hydrogen) atoms. The molecule has 1 amide bonds. The molecule has 0 spiro atoms. The molecule has 0 bridgehead atoms. The molecule has 124 valence electrons. The molecular weight excluding hydrogens is 324 g/mol. The number of hydrogen-bond acceptors (Lipinski definition) is 5. The number of nitrogens with zero attached hydrogens (tertiary/aromatic N) is 1. The highest BCUT2D eigenvalue weighted by atomic mass is 32.2. The summed E-state index contributed by atoms with van der Waals surface area (Å²) in [5.41, 5.74) is 0. The lowest BCUT2D eigenvalue weighted by atomic mass is 10.0. The van der Waals surface area contributed by atoms with Crippen molar-refractivity contribution < 1.29 is 18.3 Å². The highest BCUT2D eigenvalue weighted by Crippen LogP contribution is 2.30. The molecule has 1 aromatic heterocycles. The van der Waals surface area contributed by atoms with Crippen LogP contribution < -0.4 is 4.72 Å². The largest absolute Gasteiger partial charge is 0.395 e. The van der Waals surface area contributed by atoms with Gasteiger partial charge in [-0.1, -0.05) is 13.8 Å². The second-order valence-electron chi connectivity index (χ2n) is 5.48. The highest BCUT2D eigenvalue weighted by Gasteiger charge is 2.34. The summed E-state index contributed by atoms with van der Waals surface area (Å²) in [5, 5.41) is 8.71. The Hall–Kier alpha value is -0.960. The molecule has 2 N–H and O–H groups in total. The first kappa shape index (κ1) is 17.4. The Morgan fingerprint density at radius 2 is 2.23 bits per heavy atom. The van der Waals surface area contributed by atoms with E-state index in [1.54, 1.807) is 6.07 Å². The minimum absolute atomic E-state index is 0.0366. The summed E-state index contributed by atoms with van der Waals surface area (Å²) >= 11 is 0.976. The van der Waals surface area contributed by atoms with Crippen molar-refractivity contribution in [3.8, 4) is 0 Å². The van der Waals surface area contributed by atoms with Gasteiger partial charge < -0.3 is 10.0 Å². The van der Waals surface area contributed by atoms with Crippen LogP contribution in [0.25, 0.3) is 0 Å². The van der Waals surface area contributed by atoms with Crippen LogP contribution >= 0.6 is 11.3 Å². The molecule has 2 unspecified atom stereocenters. The highest BCUT2D eigenvalue weighted by molar-refractivity contribution is 7.91. The fourth-order valence-electron chi connectivity index (χ4n) is 2.86. The molecule has 8 heteroatoms. The van der Waals surface area contributed by atoms with Gasteiger partial charge >= 0.3 is 0 Å². The van der Waals surface area contributed by atoms with Crippen LogP contribution in [0, 0.1) is 5.92 Å². The SMILES string of the molecule is CCC1C(C)CCN1C(=O)c1ccc(S(=O)(=O)NCCO)s1. The first-order valence-corrected chi connectivity index (χ1v) is 9.72. The molecule has 1 aromatic rings. The molecule has 1 fully saturated rings. The number of rotatable bonds is 6. The van der Waals surface area contributed by atoms with E-state index < -0.39 is 10.0 Å². The molecule has 2 rings (SSSR count). The van der Waals surface area contributed by atoms with Gasteiger partial charge in [0.15, 0.2) is 0 Å². The Morgan fingerprint density at radius 1 is 1.50 bits per heavy atom. The van der Waals surface area contributed by atoms with E-state index in [1.807, 2.05) is 4.90 Å². The lowest BCUT2D eigenvalue weighted by molar-refractivity contribution is 0.0723. The zero-order valence-corrected chi connectivity index (χ0v) is 14.4. The lowest BCUT2D eigenvalue weighted by Crippen LogP contribution is -2.36. The van der Waals surface area contributed by atoms with Gasteiger partial charge in [0, 0.05) is 19.1 Å². The van der Waals surface area contributed by atoms with Crippen LogP contribution in [0.15, 0.2) is 16.3 Å².